The summed E-state index contributed by atoms with van der Waals surface area (Å²) >= 11 is 1.67. The first-order chi connectivity index (χ1) is 10.2. The van der Waals surface area contributed by atoms with Gasteiger partial charge in [0.25, 0.3) is 0 Å². The summed E-state index contributed by atoms with van der Waals surface area (Å²) in [7, 11) is 1.69. The molecule has 1 aromatic heterocycles. The van der Waals surface area contributed by atoms with E-state index in [-0.39, 0.29) is 0 Å². The second kappa shape index (κ2) is 8.05. The molecule has 0 amide bonds. The van der Waals surface area contributed by atoms with E-state index in [1.54, 1.807) is 18.9 Å². The van der Waals surface area contributed by atoms with Crippen LogP contribution in [-0.2, 0) is 6.54 Å². The van der Waals surface area contributed by atoms with Gasteiger partial charge in [-0.15, -0.1) is 0 Å². The SMILES string of the molecule is CCCNCc1cnc(Sc2cccc(OC)c2)c(C)c1. The van der Waals surface area contributed by atoms with Crippen molar-refractivity contribution in [2.45, 2.75) is 36.7 Å². The average molecular weight is 302 g/mol. The number of pyridine rings is 1. The summed E-state index contributed by atoms with van der Waals surface area (Å²) in [5.41, 5.74) is 2.44. The zero-order valence-corrected chi connectivity index (χ0v) is 13.7. The molecule has 0 radical (unpaired) electrons. The molecule has 0 spiro atoms. The van der Waals surface area contributed by atoms with Crippen LogP contribution in [0.4, 0.5) is 0 Å². The fraction of sp³-hybridized carbons (Fsp3) is 0.353. The van der Waals surface area contributed by atoms with E-state index >= 15 is 0 Å². The zero-order valence-electron chi connectivity index (χ0n) is 12.8. The van der Waals surface area contributed by atoms with E-state index < -0.39 is 0 Å². The van der Waals surface area contributed by atoms with Crippen molar-refractivity contribution in [1.82, 2.24) is 10.3 Å². The van der Waals surface area contributed by atoms with Crippen LogP contribution in [0.15, 0.2) is 46.5 Å². The number of aromatic nitrogens is 1. The Balaban J connectivity index is 2.06. The first-order valence-electron chi connectivity index (χ1n) is 7.21. The quantitative estimate of drug-likeness (QED) is 0.782. The predicted octanol–water partition coefficient (Wildman–Crippen LogP) is 4.05. The van der Waals surface area contributed by atoms with Crippen molar-refractivity contribution < 1.29 is 4.74 Å². The van der Waals surface area contributed by atoms with Gasteiger partial charge in [0.05, 0.1) is 7.11 Å². The summed E-state index contributed by atoms with van der Waals surface area (Å²) in [6.45, 7) is 6.20. The van der Waals surface area contributed by atoms with E-state index in [4.69, 9.17) is 4.74 Å². The number of ether oxygens (including phenoxy) is 1. The minimum Gasteiger partial charge on any atom is -0.497 e. The van der Waals surface area contributed by atoms with Crippen molar-refractivity contribution in [3.05, 3.63) is 47.7 Å². The topological polar surface area (TPSA) is 34.2 Å². The number of hydrogen-bond acceptors (Lipinski definition) is 4. The third kappa shape index (κ3) is 4.76. The summed E-state index contributed by atoms with van der Waals surface area (Å²) < 4.78 is 5.25. The van der Waals surface area contributed by atoms with E-state index in [9.17, 15) is 0 Å². The Bertz CT molecular complexity index is 587. The van der Waals surface area contributed by atoms with Crippen molar-refractivity contribution in [1.29, 1.82) is 0 Å². The molecule has 0 fully saturated rings. The Morgan fingerprint density at radius 3 is 2.86 bits per heavy atom. The Kier molecular flexibility index (Phi) is 6.08. The minimum absolute atomic E-state index is 0.873. The van der Waals surface area contributed by atoms with Gasteiger partial charge < -0.3 is 10.1 Å². The van der Waals surface area contributed by atoms with Gasteiger partial charge >= 0.3 is 0 Å². The highest BCUT2D eigenvalue weighted by atomic mass is 32.2. The van der Waals surface area contributed by atoms with Crippen LogP contribution < -0.4 is 10.1 Å². The Labute approximate surface area is 131 Å². The van der Waals surface area contributed by atoms with Gasteiger partial charge in [-0.1, -0.05) is 30.8 Å². The molecule has 4 heteroatoms. The zero-order chi connectivity index (χ0) is 15.1. The normalized spacial score (nSPS) is 10.6. The fourth-order valence-corrected chi connectivity index (χ4v) is 2.88. The third-order valence-corrected chi connectivity index (χ3v) is 4.21. The molecule has 0 aliphatic carbocycles. The van der Waals surface area contributed by atoms with Gasteiger partial charge in [-0.2, -0.15) is 0 Å². The van der Waals surface area contributed by atoms with E-state index in [0.717, 1.165) is 35.2 Å². The third-order valence-electron chi connectivity index (χ3n) is 3.10. The Morgan fingerprint density at radius 1 is 1.29 bits per heavy atom. The van der Waals surface area contributed by atoms with Gasteiger partial charge in [-0.3, -0.25) is 0 Å². The van der Waals surface area contributed by atoms with Crippen molar-refractivity contribution in [2.75, 3.05) is 13.7 Å². The number of rotatable bonds is 7. The molecule has 0 saturated heterocycles. The molecule has 2 rings (SSSR count). The lowest BCUT2D eigenvalue weighted by Gasteiger charge is -2.09. The van der Waals surface area contributed by atoms with Crippen LogP contribution in [-0.4, -0.2) is 18.6 Å². The molecule has 1 N–H and O–H groups in total. The van der Waals surface area contributed by atoms with Crippen LogP contribution in [0.2, 0.25) is 0 Å². The number of nitrogens with one attached hydrogen (secondary N) is 1. The van der Waals surface area contributed by atoms with Gasteiger partial charge in [-0.05, 0) is 49.2 Å². The van der Waals surface area contributed by atoms with Gasteiger partial charge in [0.2, 0.25) is 0 Å². The first kappa shape index (κ1) is 15.9. The standard InChI is InChI=1S/C17H22N2OS/c1-4-8-18-11-14-9-13(2)17(19-12-14)21-16-7-5-6-15(10-16)20-3/h5-7,9-10,12,18H,4,8,11H2,1-3H3. The largest absolute Gasteiger partial charge is 0.497 e. The second-order valence-corrected chi connectivity index (χ2v) is 5.99. The molecular weight excluding hydrogens is 280 g/mol. The maximum atomic E-state index is 5.25. The maximum Gasteiger partial charge on any atom is 0.119 e. The molecule has 21 heavy (non-hydrogen) atoms. The predicted molar refractivity (Wildman–Crippen MR) is 88.1 cm³/mol. The molecule has 0 bridgehead atoms. The molecule has 1 heterocycles. The highest BCUT2D eigenvalue weighted by molar-refractivity contribution is 7.99. The van der Waals surface area contributed by atoms with Crippen molar-refractivity contribution in [3.8, 4) is 5.75 Å². The monoisotopic (exact) mass is 302 g/mol. The van der Waals surface area contributed by atoms with E-state index in [1.165, 1.54) is 11.1 Å². The summed E-state index contributed by atoms with van der Waals surface area (Å²) in [5.74, 6) is 0.873. The Morgan fingerprint density at radius 2 is 2.14 bits per heavy atom. The maximum absolute atomic E-state index is 5.25. The van der Waals surface area contributed by atoms with Crippen LogP contribution >= 0.6 is 11.8 Å². The molecule has 2 aromatic rings. The van der Waals surface area contributed by atoms with E-state index in [2.05, 4.69) is 36.3 Å². The molecule has 112 valence electrons. The van der Waals surface area contributed by atoms with Gasteiger partial charge in [0.15, 0.2) is 0 Å². The highest BCUT2D eigenvalue weighted by Crippen LogP contribution is 2.30. The van der Waals surface area contributed by atoms with Gasteiger partial charge in [0, 0.05) is 17.6 Å². The van der Waals surface area contributed by atoms with E-state index in [1.807, 2.05) is 24.4 Å². The minimum atomic E-state index is 0.873. The summed E-state index contributed by atoms with van der Waals surface area (Å²) in [6, 6.07) is 10.3. The van der Waals surface area contributed by atoms with E-state index in [0.29, 0.717) is 0 Å². The molecule has 0 unspecified atom stereocenters. The first-order valence-corrected chi connectivity index (χ1v) is 8.02. The lowest BCUT2D eigenvalue weighted by molar-refractivity contribution is 0.413. The molecular formula is C17H22N2OS. The lowest BCUT2D eigenvalue weighted by atomic mass is 10.2. The lowest BCUT2D eigenvalue weighted by Crippen LogP contribution is -2.14. The summed E-state index contributed by atoms with van der Waals surface area (Å²) in [6.07, 6.45) is 3.11. The highest BCUT2D eigenvalue weighted by Gasteiger charge is 2.05. The fourth-order valence-electron chi connectivity index (χ4n) is 2.01. The number of aryl methyl sites for hydroxylation is 1. The van der Waals surface area contributed by atoms with Crippen LogP contribution in [0.25, 0.3) is 0 Å². The molecule has 0 aliphatic heterocycles. The van der Waals surface area contributed by atoms with Crippen molar-refractivity contribution in [3.63, 3.8) is 0 Å². The number of hydrogen-bond donors (Lipinski definition) is 1. The van der Waals surface area contributed by atoms with Crippen molar-refractivity contribution in [2.24, 2.45) is 0 Å². The molecule has 0 atom stereocenters. The van der Waals surface area contributed by atoms with Crippen LogP contribution in [0.5, 0.6) is 5.75 Å². The molecule has 0 saturated carbocycles. The number of benzene rings is 1. The molecule has 3 nitrogen and oxygen atoms in total. The molecule has 1 aromatic carbocycles. The molecule has 0 aliphatic rings. The number of nitrogens with zero attached hydrogens (tertiary/aromatic N) is 1. The van der Waals surface area contributed by atoms with Crippen LogP contribution in [0, 0.1) is 6.92 Å². The summed E-state index contributed by atoms with van der Waals surface area (Å²) in [5, 5.41) is 4.44. The smallest absolute Gasteiger partial charge is 0.119 e. The van der Waals surface area contributed by atoms with Crippen molar-refractivity contribution >= 4 is 11.8 Å². The summed E-state index contributed by atoms with van der Waals surface area (Å²) in [4.78, 5) is 5.73. The van der Waals surface area contributed by atoms with Crippen LogP contribution in [0.3, 0.4) is 0 Å². The average Bonchev–Trinajstić information content (AvgIpc) is 2.50. The van der Waals surface area contributed by atoms with Crippen LogP contribution in [0.1, 0.15) is 24.5 Å². The second-order valence-electron chi connectivity index (χ2n) is 4.92. The Hall–Kier alpha value is -1.52. The number of methoxy groups -OCH3 is 1. The van der Waals surface area contributed by atoms with Gasteiger partial charge in [0.1, 0.15) is 10.8 Å². The van der Waals surface area contributed by atoms with Gasteiger partial charge in [-0.25, -0.2) is 4.98 Å².